The maximum atomic E-state index is 11.1. The van der Waals surface area contributed by atoms with E-state index in [1.807, 2.05) is 42.5 Å². The minimum absolute atomic E-state index is 0.508. The minimum atomic E-state index is -0.869. The van der Waals surface area contributed by atoms with Gasteiger partial charge in [0.05, 0.1) is 17.3 Å². The molecule has 1 aliphatic carbocycles. The molecular formula is C25H33NO3. The van der Waals surface area contributed by atoms with Crippen LogP contribution in [-0.4, -0.2) is 45.5 Å². The number of aliphatic hydroxyl groups is 3. The van der Waals surface area contributed by atoms with Crippen LogP contribution in [0.3, 0.4) is 0 Å². The van der Waals surface area contributed by atoms with Crippen LogP contribution < -0.4 is 0 Å². The largest absolute Gasteiger partial charge is 0.390 e. The number of β-amino-alcohol motifs (C(OH)–C–C–N with tert-alkyl or cyclic N) is 1. The molecule has 2 aliphatic rings. The Labute approximate surface area is 173 Å². The van der Waals surface area contributed by atoms with Gasteiger partial charge in [-0.2, -0.15) is 0 Å². The van der Waals surface area contributed by atoms with Crippen molar-refractivity contribution in [3.05, 3.63) is 71.3 Å². The fourth-order valence-electron chi connectivity index (χ4n) is 5.29. The number of rotatable bonds is 6. The Kier molecular flexibility index (Phi) is 5.56. The average molecular weight is 396 g/mol. The Morgan fingerprint density at radius 3 is 2.14 bits per heavy atom. The molecule has 3 atom stereocenters. The first kappa shape index (κ1) is 20.5. The lowest BCUT2D eigenvalue weighted by Gasteiger charge is -2.27. The third-order valence-corrected chi connectivity index (χ3v) is 6.75. The van der Waals surface area contributed by atoms with Crippen molar-refractivity contribution in [1.29, 1.82) is 0 Å². The minimum Gasteiger partial charge on any atom is -0.390 e. The van der Waals surface area contributed by atoms with Gasteiger partial charge in [0.25, 0.3) is 0 Å². The van der Waals surface area contributed by atoms with Crippen molar-refractivity contribution in [3.63, 3.8) is 0 Å². The Bertz CT molecular complexity index is 798. The van der Waals surface area contributed by atoms with E-state index in [4.69, 9.17) is 0 Å². The Morgan fingerprint density at radius 2 is 1.59 bits per heavy atom. The van der Waals surface area contributed by atoms with E-state index in [1.165, 1.54) is 5.56 Å². The van der Waals surface area contributed by atoms with Crippen molar-refractivity contribution in [3.8, 4) is 0 Å². The summed E-state index contributed by atoms with van der Waals surface area (Å²) in [6.07, 6.45) is 1.89. The van der Waals surface area contributed by atoms with Crippen molar-refractivity contribution in [2.45, 2.75) is 50.4 Å². The lowest BCUT2D eigenvalue weighted by molar-refractivity contribution is 0.0328. The first-order chi connectivity index (χ1) is 13.7. The molecule has 1 saturated carbocycles. The lowest BCUT2D eigenvalue weighted by atomic mass is 9.91. The number of benzene rings is 2. The van der Waals surface area contributed by atoms with E-state index in [-0.39, 0.29) is 0 Å². The van der Waals surface area contributed by atoms with Crippen molar-refractivity contribution in [1.82, 2.24) is 4.90 Å². The predicted octanol–water partition coefficient (Wildman–Crippen LogP) is 3.26. The number of hydrogen-bond acceptors (Lipinski definition) is 4. The zero-order chi connectivity index (χ0) is 20.6. The molecule has 29 heavy (non-hydrogen) atoms. The number of aliphatic hydroxyl groups excluding tert-OH is 1. The molecule has 3 unspecified atom stereocenters. The summed E-state index contributed by atoms with van der Waals surface area (Å²) in [7, 11) is 0. The third kappa shape index (κ3) is 4.72. The van der Waals surface area contributed by atoms with Crippen LogP contribution in [-0.2, 0) is 12.0 Å². The Hall–Kier alpha value is -1.72. The SMILES string of the molecule is CC(C)(O)c1ccc(C(O)CN2CC3CC(O)(Cc4ccccc4)CC3C2)cc1. The topological polar surface area (TPSA) is 63.9 Å². The number of hydrogen-bond donors (Lipinski definition) is 3. The van der Waals surface area contributed by atoms with E-state index in [9.17, 15) is 15.3 Å². The molecule has 4 nitrogen and oxygen atoms in total. The summed E-state index contributed by atoms with van der Waals surface area (Å²) in [5.74, 6) is 1.02. The van der Waals surface area contributed by atoms with E-state index in [0.717, 1.165) is 43.5 Å². The van der Waals surface area contributed by atoms with Crippen LogP contribution in [0.1, 0.15) is 49.5 Å². The van der Waals surface area contributed by atoms with Crippen molar-refractivity contribution < 1.29 is 15.3 Å². The molecule has 0 spiro atoms. The van der Waals surface area contributed by atoms with Gasteiger partial charge in [-0.15, -0.1) is 0 Å². The van der Waals surface area contributed by atoms with Crippen LogP contribution in [0.5, 0.6) is 0 Å². The zero-order valence-corrected chi connectivity index (χ0v) is 17.5. The van der Waals surface area contributed by atoms with E-state index in [1.54, 1.807) is 13.8 Å². The molecule has 0 radical (unpaired) electrons. The highest BCUT2D eigenvalue weighted by atomic mass is 16.3. The quantitative estimate of drug-likeness (QED) is 0.703. The second-order valence-electron chi connectivity index (χ2n) is 9.73. The fourth-order valence-corrected chi connectivity index (χ4v) is 5.29. The van der Waals surface area contributed by atoms with E-state index < -0.39 is 17.3 Å². The number of nitrogens with zero attached hydrogens (tertiary/aromatic N) is 1. The summed E-state index contributed by atoms with van der Waals surface area (Å²) in [4.78, 5) is 2.34. The summed E-state index contributed by atoms with van der Waals surface area (Å²) in [6, 6.07) is 17.9. The molecule has 0 bridgehead atoms. The van der Waals surface area contributed by atoms with Gasteiger partial charge in [0.15, 0.2) is 0 Å². The van der Waals surface area contributed by atoms with E-state index >= 15 is 0 Å². The fraction of sp³-hybridized carbons (Fsp3) is 0.520. The van der Waals surface area contributed by atoms with Gasteiger partial charge in [0.2, 0.25) is 0 Å². The maximum absolute atomic E-state index is 11.1. The third-order valence-electron chi connectivity index (χ3n) is 6.75. The highest BCUT2D eigenvalue weighted by Crippen LogP contribution is 2.45. The van der Waals surface area contributed by atoms with Crippen molar-refractivity contribution in [2.75, 3.05) is 19.6 Å². The molecule has 2 aromatic rings. The molecule has 0 amide bonds. The van der Waals surface area contributed by atoms with Crippen molar-refractivity contribution >= 4 is 0 Å². The van der Waals surface area contributed by atoms with Gasteiger partial charge in [0, 0.05) is 26.1 Å². The van der Waals surface area contributed by atoms with Gasteiger partial charge >= 0.3 is 0 Å². The van der Waals surface area contributed by atoms with Crippen molar-refractivity contribution in [2.24, 2.45) is 11.8 Å². The normalized spacial score (nSPS) is 28.4. The molecule has 4 rings (SSSR count). The standard InChI is InChI=1S/C25H33NO3/c1-24(2,28)22-10-8-19(9-11-22)23(27)17-26-15-20-13-25(29,14-21(20)16-26)12-18-6-4-3-5-7-18/h3-11,20-21,23,27-29H,12-17H2,1-2H3. The molecule has 4 heteroatoms. The predicted molar refractivity (Wildman–Crippen MR) is 114 cm³/mol. The lowest BCUT2D eigenvalue weighted by Crippen LogP contribution is -2.33. The van der Waals surface area contributed by atoms with Crippen LogP contribution in [0.15, 0.2) is 54.6 Å². The molecule has 3 N–H and O–H groups in total. The summed E-state index contributed by atoms with van der Waals surface area (Å²) in [5.41, 5.74) is 1.48. The van der Waals surface area contributed by atoms with E-state index in [2.05, 4.69) is 17.0 Å². The molecular weight excluding hydrogens is 362 g/mol. The highest BCUT2D eigenvalue weighted by molar-refractivity contribution is 5.27. The van der Waals surface area contributed by atoms with Gasteiger partial charge < -0.3 is 15.3 Å². The molecule has 1 aliphatic heterocycles. The van der Waals surface area contributed by atoms with Crippen LogP contribution in [0.4, 0.5) is 0 Å². The van der Waals surface area contributed by atoms with Gasteiger partial charge in [-0.1, -0.05) is 54.6 Å². The van der Waals surface area contributed by atoms with E-state index in [0.29, 0.717) is 18.4 Å². The Morgan fingerprint density at radius 1 is 1.00 bits per heavy atom. The number of fused-ring (bicyclic) bond motifs is 1. The summed E-state index contributed by atoms with van der Waals surface area (Å²) >= 11 is 0. The van der Waals surface area contributed by atoms with Crippen LogP contribution in [0, 0.1) is 11.8 Å². The average Bonchev–Trinajstić information content (AvgIpc) is 3.15. The zero-order valence-electron chi connectivity index (χ0n) is 17.5. The molecule has 156 valence electrons. The second kappa shape index (κ2) is 7.84. The number of likely N-dealkylation sites (tertiary alicyclic amines) is 1. The first-order valence-electron chi connectivity index (χ1n) is 10.7. The summed E-state index contributed by atoms with van der Waals surface area (Å²) in [5, 5.41) is 31.9. The Balaban J connectivity index is 1.31. The van der Waals surface area contributed by atoms with Gasteiger partial charge in [-0.3, -0.25) is 4.90 Å². The molecule has 1 heterocycles. The van der Waals surface area contributed by atoms with Crippen LogP contribution in [0.25, 0.3) is 0 Å². The van der Waals surface area contributed by atoms with Gasteiger partial charge in [-0.25, -0.2) is 0 Å². The van der Waals surface area contributed by atoms with Gasteiger partial charge in [-0.05, 0) is 55.2 Å². The van der Waals surface area contributed by atoms with Crippen LogP contribution in [0.2, 0.25) is 0 Å². The highest BCUT2D eigenvalue weighted by Gasteiger charge is 2.48. The van der Waals surface area contributed by atoms with Crippen LogP contribution >= 0.6 is 0 Å². The first-order valence-corrected chi connectivity index (χ1v) is 10.7. The molecule has 0 aromatic heterocycles. The monoisotopic (exact) mass is 395 g/mol. The second-order valence-corrected chi connectivity index (χ2v) is 9.73. The molecule has 1 saturated heterocycles. The molecule has 2 aromatic carbocycles. The smallest absolute Gasteiger partial charge is 0.0916 e. The maximum Gasteiger partial charge on any atom is 0.0916 e. The summed E-state index contributed by atoms with van der Waals surface area (Å²) < 4.78 is 0. The summed E-state index contributed by atoms with van der Waals surface area (Å²) in [6.45, 7) is 6.04. The molecule has 2 fully saturated rings. The van der Waals surface area contributed by atoms with Gasteiger partial charge in [0.1, 0.15) is 0 Å².